The van der Waals surface area contributed by atoms with Crippen LogP contribution >= 0.6 is 0 Å². The van der Waals surface area contributed by atoms with Crippen LogP contribution in [0.3, 0.4) is 0 Å². The fourth-order valence-electron chi connectivity index (χ4n) is 2.94. The summed E-state index contributed by atoms with van der Waals surface area (Å²) in [6, 6.07) is 11.6. The number of nitrogens with zero attached hydrogens (tertiary/aromatic N) is 3. The third kappa shape index (κ3) is 5.18. The van der Waals surface area contributed by atoms with Crippen molar-refractivity contribution in [2.75, 3.05) is 24.6 Å². The largest absolute Gasteiger partial charge is 0.467 e. The highest BCUT2D eigenvalue weighted by Gasteiger charge is 2.16. The summed E-state index contributed by atoms with van der Waals surface area (Å²) in [6.45, 7) is 4.45. The van der Waals surface area contributed by atoms with Gasteiger partial charge in [0.2, 0.25) is 11.8 Å². The number of carbonyl (C=O) groups excluding carboxylic acids is 1. The number of ether oxygens (including phenoxy) is 1. The lowest BCUT2D eigenvalue weighted by atomic mass is 10.1. The highest BCUT2D eigenvalue weighted by atomic mass is 16.5. The summed E-state index contributed by atoms with van der Waals surface area (Å²) in [5.41, 5.74) is 1.99. The number of benzene rings is 1. The predicted octanol–water partition coefficient (Wildman–Crippen LogP) is 2.72. The molecule has 1 aromatic heterocycles. The minimum absolute atomic E-state index is 0.0492. The maximum atomic E-state index is 12.0. The van der Waals surface area contributed by atoms with E-state index >= 15 is 0 Å². The maximum absolute atomic E-state index is 12.0. The van der Waals surface area contributed by atoms with Crippen molar-refractivity contribution in [3.63, 3.8) is 0 Å². The smallest absolute Gasteiger partial charge is 0.258 e. The van der Waals surface area contributed by atoms with Gasteiger partial charge in [0.05, 0.1) is 0 Å². The standard InChI is InChI=1S/C20H26N4O2/c1-2-17-13-19(23-20(22-17)24-11-7-4-8-12-24)26-15-18(25)21-14-16-9-5-3-6-10-16/h3,5-6,9-10,13H,2,4,7-8,11-12,14-15H2,1H3,(H,21,25). The molecule has 0 spiro atoms. The van der Waals surface area contributed by atoms with Gasteiger partial charge in [-0.05, 0) is 31.2 Å². The van der Waals surface area contributed by atoms with Crippen LogP contribution in [-0.4, -0.2) is 35.6 Å². The Morgan fingerprint density at radius 3 is 2.65 bits per heavy atom. The molecule has 6 heteroatoms. The summed E-state index contributed by atoms with van der Waals surface area (Å²) in [5, 5.41) is 2.86. The summed E-state index contributed by atoms with van der Waals surface area (Å²) in [4.78, 5) is 23.4. The molecule has 138 valence electrons. The molecule has 6 nitrogen and oxygen atoms in total. The average Bonchev–Trinajstić information content (AvgIpc) is 2.72. The van der Waals surface area contributed by atoms with Crippen molar-refractivity contribution >= 4 is 11.9 Å². The molecule has 1 fully saturated rings. The summed E-state index contributed by atoms with van der Waals surface area (Å²) >= 11 is 0. The molecule has 1 aromatic carbocycles. The number of piperidine rings is 1. The van der Waals surface area contributed by atoms with E-state index in [4.69, 9.17) is 4.74 Å². The molecular weight excluding hydrogens is 328 g/mol. The van der Waals surface area contributed by atoms with E-state index in [1.807, 2.05) is 36.4 Å². The van der Waals surface area contributed by atoms with Crippen molar-refractivity contribution in [3.05, 3.63) is 47.7 Å². The van der Waals surface area contributed by atoms with Crippen molar-refractivity contribution in [1.29, 1.82) is 0 Å². The number of nitrogens with one attached hydrogen (secondary N) is 1. The number of anilines is 1. The second-order valence-electron chi connectivity index (χ2n) is 6.45. The summed E-state index contributed by atoms with van der Waals surface area (Å²) < 4.78 is 5.64. The zero-order chi connectivity index (χ0) is 18.2. The third-order valence-electron chi connectivity index (χ3n) is 4.43. The topological polar surface area (TPSA) is 67.3 Å². The Hall–Kier alpha value is -2.63. The lowest BCUT2D eigenvalue weighted by molar-refractivity contribution is -0.123. The van der Waals surface area contributed by atoms with Crippen LogP contribution in [-0.2, 0) is 17.8 Å². The minimum atomic E-state index is -0.162. The van der Waals surface area contributed by atoms with Gasteiger partial charge in [-0.2, -0.15) is 4.98 Å². The summed E-state index contributed by atoms with van der Waals surface area (Å²) in [5.74, 6) is 1.01. The van der Waals surface area contributed by atoms with Crippen LogP contribution in [0.15, 0.2) is 36.4 Å². The van der Waals surface area contributed by atoms with Crippen molar-refractivity contribution in [2.45, 2.75) is 39.2 Å². The third-order valence-corrected chi connectivity index (χ3v) is 4.43. The van der Waals surface area contributed by atoms with E-state index in [1.165, 1.54) is 6.42 Å². The first kappa shape index (κ1) is 18.2. The monoisotopic (exact) mass is 354 g/mol. The van der Waals surface area contributed by atoms with Gasteiger partial charge >= 0.3 is 0 Å². The molecule has 0 saturated carbocycles. The van der Waals surface area contributed by atoms with Gasteiger partial charge in [-0.1, -0.05) is 37.3 Å². The Balaban J connectivity index is 1.57. The molecule has 26 heavy (non-hydrogen) atoms. The molecule has 0 aliphatic carbocycles. The van der Waals surface area contributed by atoms with Gasteiger partial charge in [-0.25, -0.2) is 4.98 Å². The molecule has 1 saturated heterocycles. The number of hydrogen-bond acceptors (Lipinski definition) is 5. The molecule has 0 unspecified atom stereocenters. The molecular formula is C20H26N4O2. The molecule has 0 radical (unpaired) electrons. The summed E-state index contributed by atoms with van der Waals surface area (Å²) in [7, 11) is 0. The molecule has 2 aromatic rings. The molecule has 3 rings (SSSR count). The summed E-state index contributed by atoms with van der Waals surface area (Å²) in [6.07, 6.45) is 4.39. The minimum Gasteiger partial charge on any atom is -0.467 e. The van der Waals surface area contributed by atoms with Gasteiger partial charge < -0.3 is 15.0 Å². The molecule has 0 bridgehead atoms. The second-order valence-corrected chi connectivity index (χ2v) is 6.45. The second kappa shape index (κ2) is 9.17. The Morgan fingerprint density at radius 1 is 1.15 bits per heavy atom. The van der Waals surface area contributed by atoms with Gasteiger partial charge in [-0.3, -0.25) is 4.79 Å². The van der Waals surface area contributed by atoms with Gasteiger partial charge in [0.15, 0.2) is 6.61 Å². The maximum Gasteiger partial charge on any atom is 0.258 e. The predicted molar refractivity (Wildman–Crippen MR) is 101 cm³/mol. The van der Waals surface area contributed by atoms with E-state index in [1.54, 1.807) is 0 Å². The SMILES string of the molecule is CCc1cc(OCC(=O)NCc2ccccc2)nc(N2CCCCC2)n1. The van der Waals surface area contributed by atoms with Gasteiger partial charge in [0.25, 0.3) is 5.91 Å². The van der Waals surface area contributed by atoms with E-state index in [0.29, 0.717) is 18.4 Å². The average molecular weight is 354 g/mol. The molecule has 1 N–H and O–H groups in total. The first-order valence-corrected chi connectivity index (χ1v) is 9.31. The number of aromatic nitrogens is 2. The molecule has 0 atom stereocenters. The van der Waals surface area contributed by atoms with Gasteiger partial charge in [0, 0.05) is 31.4 Å². The van der Waals surface area contributed by atoms with E-state index < -0.39 is 0 Å². The van der Waals surface area contributed by atoms with Crippen LogP contribution in [0.4, 0.5) is 5.95 Å². The van der Waals surface area contributed by atoms with E-state index in [-0.39, 0.29) is 12.5 Å². The van der Waals surface area contributed by atoms with Crippen molar-refractivity contribution in [3.8, 4) is 5.88 Å². The van der Waals surface area contributed by atoms with Crippen LogP contribution < -0.4 is 15.0 Å². The van der Waals surface area contributed by atoms with Crippen molar-refractivity contribution in [2.24, 2.45) is 0 Å². The first-order chi connectivity index (χ1) is 12.7. The number of hydrogen-bond donors (Lipinski definition) is 1. The van der Waals surface area contributed by atoms with Gasteiger partial charge in [-0.15, -0.1) is 0 Å². The van der Waals surface area contributed by atoms with Gasteiger partial charge in [0.1, 0.15) is 0 Å². The molecule has 1 aliphatic rings. The van der Waals surface area contributed by atoms with E-state index in [0.717, 1.165) is 43.6 Å². The normalized spacial score (nSPS) is 14.1. The highest BCUT2D eigenvalue weighted by molar-refractivity contribution is 5.77. The lowest BCUT2D eigenvalue weighted by Gasteiger charge is -2.27. The van der Waals surface area contributed by atoms with Crippen LogP contribution in [0.1, 0.15) is 37.4 Å². The number of aryl methyl sites for hydroxylation is 1. The van der Waals surface area contributed by atoms with Crippen LogP contribution in [0, 0.1) is 0 Å². The number of amides is 1. The van der Waals surface area contributed by atoms with Crippen molar-refractivity contribution < 1.29 is 9.53 Å². The van der Waals surface area contributed by atoms with Crippen LogP contribution in [0.5, 0.6) is 5.88 Å². The fraction of sp³-hybridized carbons (Fsp3) is 0.450. The lowest BCUT2D eigenvalue weighted by Crippen LogP contribution is -2.31. The first-order valence-electron chi connectivity index (χ1n) is 9.31. The number of rotatable bonds is 7. The Bertz CT molecular complexity index is 715. The van der Waals surface area contributed by atoms with Crippen molar-refractivity contribution in [1.82, 2.24) is 15.3 Å². The zero-order valence-corrected chi connectivity index (χ0v) is 15.3. The van der Waals surface area contributed by atoms with Crippen LogP contribution in [0.2, 0.25) is 0 Å². The Kier molecular flexibility index (Phi) is 6.41. The fourth-order valence-corrected chi connectivity index (χ4v) is 2.94. The van der Waals surface area contributed by atoms with Crippen LogP contribution in [0.25, 0.3) is 0 Å². The quantitative estimate of drug-likeness (QED) is 0.828. The Labute approximate surface area is 154 Å². The van der Waals surface area contributed by atoms with E-state index in [9.17, 15) is 4.79 Å². The zero-order valence-electron chi connectivity index (χ0n) is 15.3. The molecule has 1 amide bonds. The molecule has 2 heterocycles. The van der Waals surface area contributed by atoms with E-state index in [2.05, 4.69) is 27.1 Å². The number of carbonyl (C=O) groups is 1. The Morgan fingerprint density at radius 2 is 1.92 bits per heavy atom. The molecule has 1 aliphatic heterocycles. The highest BCUT2D eigenvalue weighted by Crippen LogP contribution is 2.20.